The Labute approximate surface area is 256 Å². The predicted octanol–water partition coefficient (Wildman–Crippen LogP) is 4.97. The molecule has 0 unspecified atom stereocenters. The zero-order valence-electron chi connectivity index (χ0n) is 24.2. The van der Waals surface area contributed by atoms with Crippen molar-refractivity contribution in [1.29, 1.82) is 0 Å². The van der Waals surface area contributed by atoms with Crippen LogP contribution in [0.1, 0.15) is 36.7 Å². The summed E-state index contributed by atoms with van der Waals surface area (Å²) in [5.41, 5.74) is 0.380. The quantitative estimate of drug-likeness (QED) is 0.324. The van der Waals surface area contributed by atoms with Gasteiger partial charge in [-0.3, -0.25) is 13.9 Å². The van der Waals surface area contributed by atoms with Crippen molar-refractivity contribution in [3.8, 4) is 0 Å². The summed E-state index contributed by atoms with van der Waals surface area (Å²) in [4.78, 5) is 41.5. The van der Waals surface area contributed by atoms with Crippen molar-refractivity contribution < 1.29 is 32.3 Å². The van der Waals surface area contributed by atoms with E-state index in [1.165, 1.54) is 41.3 Å². The van der Waals surface area contributed by atoms with Gasteiger partial charge in [0.15, 0.2) is 0 Å². The Morgan fingerprint density at radius 1 is 0.860 bits per heavy atom. The molecule has 1 heterocycles. The number of carbonyl (C=O) groups excluding carboxylic acids is 3. The Morgan fingerprint density at radius 3 is 2.16 bits per heavy atom. The topological polar surface area (TPSA) is 114 Å². The van der Waals surface area contributed by atoms with E-state index < -0.39 is 34.2 Å². The molecule has 43 heavy (non-hydrogen) atoms. The van der Waals surface area contributed by atoms with Crippen LogP contribution in [-0.4, -0.2) is 74.5 Å². The van der Waals surface area contributed by atoms with Gasteiger partial charge in [-0.15, -0.1) is 0 Å². The normalized spacial score (nSPS) is 13.8. The second kappa shape index (κ2) is 13.5. The highest BCUT2D eigenvalue weighted by atomic mass is 35.5. The van der Waals surface area contributed by atoms with Crippen LogP contribution in [0.25, 0.3) is 0 Å². The fraction of sp³-hybridized carbons (Fsp3) is 0.323. The number of ether oxygens (including phenoxy) is 2. The number of sulfonamides is 1. The van der Waals surface area contributed by atoms with E-state index in [1.54, 1.807) is 37.8 Å². The van der Waals surface area contributed by atoms with E-state index in [1.807, 2.05) is 30.3 Å². The first kappa shape index (κ1) is 31.8. The average molecular weight is 628 g/mol. The fourth-order valence-electron chi connectivity index (χ4n) is 4.44. The molecule has 12 heteroatoms. The molecule has 1 aliphatic rings. The lowest BCUT2D eigenvalue weighted by atomic mass is 10.2. The summed E-state index contributed by atoms with van der Waals surface area (Å²) in [7, 11) is -4.32. The van der Waals surface area contributed by atoms with Crippen molar-refractivity contribution >= 4 is 45.3 Å². The SMILES string of the molecule is CC(C)(C)OC(=O)CN(c1cccc(Cl)c1)S(=O)(=O)c1cccc(C(=O)N2CCN(C(=O)OCc3ccccc3)CC2)c1. The molecule has 0 spiro atoms. The molecule has 0 radical (unpaired) electrons. The first-order valence-corrected chi connectivity index (χ1v) is 15.5. The minimum absolute atomic E-state index is 0.153. The van der Waals surface area contributed by atoms with Gasteiger partial charge in [-0.25, -0.2) is 13.2 Å². The number of nitrogens with zero attached hydrogens (tertiary/aromatic N) is 3. The van der Waals surface area contributed by atoms with Crippen LogP contribution in [0.4, 0.5) is 10.5 Å². The molecule has 1 saturated heterocycles. The van der Waals surface area contributed by atoms with Gasteiger partial charge in [-0.05, 0) is 62.7 Å². The summed E-state index contributed by atoms with van der Waals surface area (Å²) in [6.07, 6.45) is -0.463. The Balaban J connectivity index is 1.47. The zero-order valence-corrected chi connectivity index (χ0v) is 25.8. The summed E-state index contributed by atoms with van der Waals surface area (Å²) in [6, 6.07) is 21.1. The van der Waals surface area contributed by atoms with Crippen molar-refractivity contribution in [3.63, 3.8) is 0 Å². The van der Waals surface area contributed by atoms with Gasteiger partial charge in [0.1, 0.15) is 18.8 Å². The highest BCUT2D eigenvalue weighted by Gasteiger charge is 2.31. The summed E-state index contributed by atoms with van der Waals surface area (Å²) in [5, 5.41) is 0.286. The van der Waals surface area contributed by atoms with Crippen LogP contribution in [0.3, 0.4) is 0 Å². The third-order valence-corrected chi connectivity index (χ3v) is 8.49. The molecule has 1 aliphatic heterocycles. The van der Waals surface area contributed by atoms with E-state index in [0.29, 0.717) is 0 Å². The maximum absolute atomic E-state index is 13.9. The van der Waals surface area contributed by atoms with Gasteiger partial charge in [-0.1, -0.05) is 54.1 Å². The maximum Gasteiger partial charge on any atom is 0.410 e. The van der Waals surface area contributed by atoms with Crippen LogP contribution in [0, 0.1) is 0 Å². The van der Waals surface area contributed by atoms with Gasteiger partial charge in [0, 0.05) is 36.8 Å². The molecule has 10 nitrogen and oxygen atoms in total. The molecule has 2 amide bonds. The molecule has 4 rings (SSSR count). The summed E-state index contributed by atoms with van der Waals surface area (Å²) in [6.45, 7) is 5.67. The molecule has 0 bridgehead atoms. The van der Waals surface area contributed by atoms with Gasteiger partial charge < -0.3 is 19.3 Å². The van der Waals surface area contributed by atoms with E-state index in [2.05, 4.69) is 0 Å². The van der Waals surface area contributed by atoms with Gasteiger partial charge in [0.25, 0.3) is 15.9 Å². The number of carbonyl (C=O) groups is 3. The largest absolute Gasteiger partial charge is 0.459 e. The van der Waals surface area contributed by atoms with Crippen molar-refractivity contribution in [3.05, 3.63) is 95.0 Å². The van der Waals surface area contributed by atoms with E-state index in [0.717, 1.165) is 9.87 Å². The van der Waals surface area contributed by atoms with Crippen LogP contribution in [0.5, 0.6) is 0 Å². The molecule has 0 saturated carbocycles. The average Bonchev–Trinajstić information content (AvgIpc) is 2.98. The van der Waals surface area contributed by atoms with E-state index in [-0.39, 0.29) is 59.9 Å². The maximum atomic E-state index is 13.9. The summed E-state index contributed by atoms with van der Waals surface area (Å²) < 4.78 is 39.4. The van der Waals surface area contributed by atoms with Crippen molar-refractivity contribution in [1.82, 2.24) is 9.80 Å². The molecule has 0 aliphatic carbocycles. The van der Waals surface area contributed by atoms with Crippen molar-refractivity contribution in [2.24, 2.45) is 0 Å². The third kappa shape index (κ3) is 8.48. The lowest BCUT2D eigenvalue weighted by Crippen LogP contribution is -2.50. The van der Waals surface area contributed by atoms with Crippen LogP contribution in [0.2, 0.25) is 5.02 Å². The third-order valence-electron chi connectivity index (χ3n) is 6.49. The second-order valence-electron chi connectivity index (χ2n) is 10.9. The first-order valence-electron chi connectivity index (χ1n) is 13.7. The van der Waals surface area contributed by atoms with Gasteiger partial charge in [0.05, 0.1) is 10.6 Å². The Kier molecular flexibility index (Phi) is 9.98. The predicted molar refractivity (Wildman–Crippen MR) is 162 cm³/mol. The molecule has 0 aromatic heterocycles. The van der Waals surface area contributed by atoms with Crippen molar-refractivity contribution in [2.45, 2.75) is 37.9 Å². The lowest BCUT2D eigenvalue weighted by Gasteiger charge is -2.34. The highest BCUT2D eigenvalue weighted by molar-refractivity contribution is 7.92. The minimum Gasteiger partial charge on any atom is -0.459 e. The molecule has 3 aromatic rings. The standard InChI is InChI=1S/C31H34ClN3O7S/c1-31(2,3)42-28(36)21-35(26-13-8-12-25(32)20-26)43(39,40)27-14-7-11-24(19-27)29(37)33-15-17-34(18-16-33)30(38)41-22-23-9-5-4-6-10-23/h4-14,19-20H,15-18,21-22H2,1-3H3. The fourth-order valence-corrected chi connectivity index (χ4v) is 6.07. The summed E-state index contributed by atoms with van der Waals surface area (Å²) >= 11 is 6.14. The molecular weight excluding hydrogens is 594 g/mol. The monoisotopic (exact) mass is 627 g/mol. The van der Waals surface area contributed by atoms with Gasteiger partial charge >= 0.3 is 12.1 Å². The molecular formula is C31H34ClN3O7S. The molecule has 228 valence electrons. The van der Waals surface area contributed by atoms with Gasteiger partial charge in [0.2, 0.25) is 0 Å². The van der Waals surface area contributed by atoms with Gasteiger partial charge in [-0.2, -0.15) is 0 Å². The van der Waals surface area contributed by atoms with E-state index in [4.69, 9.17) is 21.1 Å². The smallest absolute Gasteiger partial charge is 0.410 e. The zero-order chi connectivity index (χ0) is 31.2. The minimum atomic E-state index is -4.32. The lowest BCUT2D eigenvalue weighted by molar-refractivity contribution is -0.152. The van der Waals surface area contributed by atoms with Crippen LogP contribution >= 0.6 is 11.6 Å². The molecule has 0 N–H and O–H groups in total. The number of piperazine rings is 1. The number of esters is 1. The Bertz CT molecular complexity index is 1570. The van der Waals surface area contributed by atoms with Crippen molar-refractivity contribution in [2.75, 3.05) is 37.0 Å². The number of hydrogen-bond donors (Lipinski definition) is 0. The second-order valence-corrected chi connectivity index (χ2v) is 13.2. The highest BCUT2D eigenvalue weighted by Crippen LogP contribution is 2.27. The summed E-state index contributed by atoms with van der Waals surface area (Å²) in [5.74, 6) is -1.13. The Morgan fingerprint density at radius 2 is 1.51 bits per heavy atom. The van der Waals surface area contributed by atoms with E-state index >= 15 is 0 Å². The number of benzene rings is 3. The van der Waals surface area contributed by atoms with Crippen LogP contribution in [0.15, 0.2) is 83.8 Å². The van der Waals surface area contributed by atoms with Crippen LogP contribution in [-0.2, 0) is 30.9 Å². The number of hydrogen-bond acceptors (Lipinski definition) is 7. The first-order chi connectivity index (χ1) is 20.3. The van der Waals surface area contributed by atoms with Crippen LogP contribution < -0.4 is 4.31 Å². The van der Waals surface area contributed by atoms with E-state index in [9.17, 15) is 22.8 Å². The number of anilines is 1. The number of rotatable bonds is 8. The Hall–Kier alpha value is -4.09. The number of amides is 2. The molecule has 1 fully saturated rings. The molecule has 0 atom stereocenters. The number of halogens is 1. The molecule has 3 aromatic carbocycles.